The summed E-state index contributed by atoms with van der Waals surface area (Å²) in [6.07, 6.45) is 0. The molecule has 0 N–H and O–H groups in total. The van der Waals surface area contributed by atoms with Crippen molar-refractivity contribution in [1.82, 2.24) is 4.98 Å². The van der Waals surface area contributed by atoms with E-state index in [1.54, 1.807) is 6.92 Å². The summed E-state index contributed by atoms with van der Waals surface area (Å²) in [6.45, 7) is 1.66. The van der Waals surface area contributed by atoms with E-state index in [1.165, 1.54) is 0 Å². The van der Waals surface area contributed by atoms with Crippen LogP contribution >= 0.6 is 0 Å². The quantitative estimate of drug-likeness (QED) is 0.520. The number of halogens is 2. The lowest BCUT2D eigenvalue weighted by molar-refractivity contribution is 0.0512. The van der Waals surface area contributed by atoms with Crippen molar-refractivity contribution in [2.24, 2.45) is 0 Å². The lowest BCUT2D eigenvalue weighted by atomic mass is 10.3. The second-order valence-corrected chi connectivity index (χ2v) is 2.18. The molecule has 1 rings (SSSR count). The van der Waals surface area contributed by atoms with Gasteiger partial charge in [0.1, 0.15) is 0 Å². The summed E-state index contributed by atoms with van der Waals surface area (Å²) in [6, 6.07) is 1.66. The Kier molecular flexibility index (Phi) is 2.89. The zero-order valence-electron chi connectivity index (χ0n) is 6.88. The monoisotopic (exact) mass is 187 g/mol. The van der Waals surface area contributed by atoms with E-state index in [4.69, 9.17) is 0 Å². The van der Waals surface area contributed by atoms with Crippen molar-refractivity contribution in [3.8, 4) is 0 Å². The lowest BCUT2D eigenvalue weighted by Gasteiger charge is -2.01. The third-order valence-corrected chi connectivity index (χ3v) is 1.28. The van der Waals surface area contributed by atoms with Gasteiger partial charge in [0, 0.05) is 0 Å². The van der Waals surface area contributed by atoms with Crippen LogP contribution in [-0.2, 0) is 4.74 Å². The molecule has 0 amide bonds. The number of aromatic nitrogens is 1. The first-order valence-corrected chi connectivity index (χ1v) is 3.64. The fraction of sp³-hybridized carbons (Fsp3) is 0.250. The van der Waals surface area contributed by atoms with Crippen LogP contribution in [0.5, 0.6) is 0 Å². The first-order valence-electron chi connectivity index (χ1n) is 3.64. The molecule has 1 aromatic rings. The molecule has 0 spiro atoms. The fourth-order valence-electron chi connectivity index (χ4n) is 0.761. The molecule has 0 aromatic carbocycles. The van der Waals surface area contributed by atoms with E-state index in [9.17, 15) is 13.6 Å². The summed E-state index contributed by atoms with van der Waals surface area (Å²) in [4.78, 5) is 14.0. The SMILES string of the molecule is CCOC(=O)c1nc(F)ccc1F. The van der Waals surface area contributed by atoms with Gasteiger partial charge in [-0.25, -0.2) is 14.2 Å². The van der Waals surface area contributed by atoms with Gasteiger partial charge in [0.15, 0.2) is 11.5 Å². The molecule has 13 heavy (non-hydrogen) atoms. The van der Waals surface area contributed by atoms with Crippen LogP contribution < -0.4 is 0 Å². The summed E-state index contributed by atoms with van der Waals surface area (Å²) in [5, 5.41) is 0. The van der Waals surface area contributed by atoms with Gasteiger partial charge in [-0.1, -0.05) is 0 Å². The second-order valence-electron chi connectivity index (χ2n) is 2.18. The lowest BCUT2D eigenvalue weighted by Crippen LogP contribution is -2.10. The highest BCUT2D eigenvalue weighted by Crippen LogP contribution is 2.06. The number of hydrogen-bond donors (Lipinski definition) is 0. The molecule has 0 aliphatic carbocycles. The van der Waals surface area contributed by atoms with Gasteiger partial charge in [-0.15, -0.1) is 0 Å². The Labute approximate surface area is 73.4 Å². The molecule has 70 valence electrons. The molecule has 0 aliphatic heterocycles. The number of esters is 1. The highest BCUT2D eigenvalue weighted by atomic mass is 19.1. The molecule has 0 atom stereocenters. The van der Waals surface area contributed by atoms with Crippen molar-refractivity contribution in [2.45, 2.75) is 6.92 Å². The van der Waals surface area contributed by atoms with Crippen LogP contribution in [0, 0.1) is 11.8 Å². The molecule has 3 nitrogen and oxygen atoms in total. The number of ether oxygens (including phenoxy) is 1. The first-order chi connectivity index (χ1) is 6.15. The maximum Gasteiger partial charge on any atom is 0.360 e. The molecule has 0 saturated carbocycles. The summed E-state index contributed by atoms with van der Waals surface area (Å²) in [5.41, 5.74) is -0.623. The number of rotatable bonds is 2. The zero-order valence-corrected chi connectivity index (χ0v) is 6.88. The maximum absolute atomic E-state index is 12.8. The van der Waals surface area contributed by atoms with Crippen molar-refractivity contribution in [3.05, 3.63) is 29.6 Å². The smallest absolute Gasteiger partial charge is 0.360 e. The van der Waals surface area contributed by atoms with Gasteiger partial charge in [-0.2, -0.15) is 4.39 Å². The Morgan fingerprint density at radius 3 is 2.85 bits per heavy atom. The number of carbonyl (C=O) groups excluding carboxylic acids is 1. The third-order valence-electron chi connectivity index (χ3n) is 1.28. The van der Waals surface area contributed by atoms with Gasteiger partial charge < -0.3 is 4.74 Å². The molecular weight excluding hydrogens is 180 g/mol. The van der Waals surface area contributed by atoms with Crippen molar-refractivity contribution in [1.29, 1.82) is 0 Å². The maximum atomic E-state index is 12.8. The van der Waals surface area contributed by atoms with Crippen molar-refractivity contribution >= 4 is 5.97 Å². The van der Waals surface area contributed by atoms with Crippen LogP contribution in [0.4, 0.5) is 8.78 Å². The van der Waals surface area contributed by atoms with E-state index < -0.39 is 23.4 Å². The van der Waals surface area contributed by atoms with Crippen molar-refractivity contribution in [3.63, 3.8) is 0 Å². The molecule has 0 unspecified atom stereocenters. The van der Waals surface area contributed by atoms with E-state index in [0.717, 1.165) is 12.1 Å². The Balaban J connectivity index is 2.99. The van der Waals surface area contributed by atoms with E-state index in [1.807, 2.05) is 0 Å². The van der Waals surface area contributed by atoms with E-state index in [0.29, 0.717) is 0 Å². The molecule has 1 aromatic heterocycles. The van der Waals surface area contributed by atoms with Crippen molar-refractivity contribution < 1.29 is 18.3 Å². The third kappa shape index (κ3) is 2.21. The topological polar surface area (TPSA) is 39.2 Å². The van der Waals surface area contributed by atoms with E-state index >= 15 is 0 Å². The number of nitrogens with zero attached hydrogens (tertiary/aromatic N) is 1. The van der Waals surface area contributed by atoms with E-state index in [2.05, 4.69) is 9.72 Å². The van der Waals surface area contributed by atoms with Gasteiger partial charge in [0.05, 0.1) is 6.61 Å². The Morgan fingerprint density at radius 1 is 1.54 bits per heavy atom. The number of hydrogen-bond acceptors (Lipinski definition) is 3. The van der Waals surface area contributed by atoms with Gasteiger partial charge in [-0.3, -0.25) is 0 Å². The van der Waals surface area contributed by atoms with Crippen LogP contribution in [0.3, 0.4) is 0 Å². The van der Waals surface area contributed by atoms with Crippen molar-refractivity contribution in [2.75, 3.05) is 6.61 Å². The minimum absolute atomic E-state index is 0.0937. The summed E-state index contributed by atoms with van der Waals surface area (Å²) in [5.74, 6) is -2.76. The molecule has 5 heteroatoms. The fourth-order valence-corrected chi connectivity index (χ4v) is 0.761. The Bertz CT molecular complexity index is 328. The van der Waals surface area contributed by atoms with E-state index in [-0.39, 0.29) is 6.61 Å². The summed E-state index contributed by atoms with van der Waals surface area (Å²) >= 11 is 0. The normalized spacial score (nSPS) is 9.77. The largest absolute Gasteiger partial charge is 0.461 e. The Hall–Kier alpha value is -1.52. The molecule has 0 fully saturated rings. The first kappa shape index (κ1) is 9.57. The average molecular weight is 187 g/mol. The van der Waals surface area contributed by atoms with Crippen LogP contribution in [0.25, 0.3) is 0 Å². The van der Waals surface area contributed by atoms with Gasteiger partial charge in [0.2, 0.25) is 5.95 Å². The molecule has 0 aliphatic rings. The molecular formula is C8H7F2NO2. The van der Waals surface area contributed by atoms with Crippen LogP contribution in [-0.4, -0.2) is 17.6 Å². The number of carbonyl (C=O) groups is 1. The minimum atomic E-state index is -0.959. The van der Waals surface area contributed by atoms with Crippen LogP contribution in [0.1, 0.15) is 17.4 Å². The highest BCUT2D eigenvalue weighted by molar-refractivity contribution is 5.87. The second kappa shape index (κ2) is 3.93. The summed E-state index contributed by atoms with van der Waals surface area (Å²) in [7, 11) is 0. The summed E-state index contributed by atoms with van der Waals surface area (Å²) < 4.78 is 29.7. The minimum Gasteiger partial charge on any atom is -0.461 e. The van der Waals surface area contributed by atoms with Gasteiger partial charge in [-0.05, 0) is 19.1 Å². The molecule has 0 saturated heterocycles. The molecule has 0 radical (unpaired) electrons. The Morgan fingerprint density at radius 2 is 2.23 bits per heavy atom. The standard InChI is InChI=1S/C8H7F2NO2/c1-2-13-8(12)7-5(9)3-4-6(10)11-7/h3-4H,2H2,1H3. The number of pyridine rings is 1. The van der Waals surface area contributed by atoms with Gasteiger partial charge in [0.25, 0.3) is 0 Å². The average Bonchev–Trinajstić information content (AvgIpc) is 2.09. The predicted octanol–water partition coefficient (Wildman–Crippen LogP) is 1.54. The highest BCUT2D eigenvalue weighted by Gasteiger charge is 2.15. The molecule has 0 bridgehead atoms. The zero-order chi connectivity index (χ0) is 9.84. The van der Waals surface area contributed by atoms with Crippen LogP contribution in [0.15, 0.2) is 12.1 Å². The molecule has 1 heterocycles. The van der Waals surface area contributed by atoms with Crippen LogP contribution in [0.2, 0.25) is 0 Å². The van der Waals surface area contributed by atoms with Gasteiger partial charge >= 0.3 is 5.97 Å². The predicted molar refractivity (Wildman–Crippen MR) is 40.1 cm³/mol.